The second-order valence-electron chi connectivity index (χ2n) is 3.86. The van der Waals surface area contributed by atoms with Gasteiger partial charge in [-0.15, -0.1) is 0 Å². The average molecular weight is 299 g/mol. The van der Waals surface area contributed by atoms with Crippen molar-refractivity contribution in [3.05, 3.63) is 28.2 Å². The molecule has 0 heterocycles. The van der Waals surface area contributed by atoms with Crippen LogP contribution < -0.4 is 10.6 Å². The van der Waals surface area contributed by atoms with Gasteiger partial charge >= 0.3 is 0 Å². The summed E-state index contributed by atoms with van der Waals surface area (Å²) in [6.07, 6.45) is 2.41. The predicted octanol–water partition coefficient (Wildman–Crippen LogP) is 2.95. The highest BCUT2D eigenvalue weighted by molar-refractivity contribution is 9.10. The van der Waals surface area contributed by atoms with Gasteiger partial charge in [0.15, 0.2) is 0 Å². The van der Waals surface area contributed by atoms with Crippen LogP contribution in [0.25, 0.3) is 0 Å². The molecule has 4 heteroatoms. The largest absolute Gasteiger partial charge is 0.385 e. The van der Waals surface area contributed by atoms with Gasteiger partial charge in [-0.2, -0.15) is 0 Å². The monoisotopic (exact) mass is 298 g/mol. The Hall–Kier alpha value is -1.03. The number of anilines is 1. The fraction of sp³-hybridized carbons (Fsp3) is 0.462. The molecule has 0 aliphatic rings. The molecule has 0 aliphatic carbocycles. The molecule has 1 amide bonds. The molecule has 0 saturated carbocycles. The van der Waals surface area contributed by atoms with Crippen molar-refractivity contribution >= 4 is 27.5 Å². The second-order valence-corrected chi connectivity index (χ2v) is 4.77. The molecule has 0 aliphatic heterocycles. The van der Waals surface area contributed by atoms with Gasteiger partial charge in [-0.1, -0.05) is 22.9 Å². The summed E-state index contributed by atoms with van der Waals surface area (Å²) in [6, 6.07) is 6.23. The number of amides is 1. The van der Waals surface area contributed by atoms with Gasteiger partial charge in [0.2, 0.25) is 5.91 Å². The first-order valence-corrected chi connectivity index (χ1v) is 6.69. The predicted molar refractivity (Wildman–Crippen MR) is 75.3 cm³/mol. The fourth-order valence-electron chi connectivity index (χ4n) is 1.62. The van der Waals surface area contributed by atoms with E-state index >= 15 is 0 Å². The first kappa shape index (κ1) is 14.0. The van der Waals surface area contributed by atoms with Crippen LogP contribution in [-0.4, -0.2) is 19.5 Å². The number of benzene rings is 1. The lowest BCUT2D eigenvalue weighted by atomic mass is 10.1. The first-order chi connectivity index (χ1) is 8.17. The molecule has 0 saturated heterocycles. The fourth-order valence-corrected chi connectivity index (χ4v) is 2.03. The molecule has 0 aromatic heterocycles. The molecule has 0 radical (unpaired) electrons. The van der Waals surface area contributed by atoms with Crippen LogP contribution in [0.1, 0.15) is 25.3 Å². The normalized spacial score (nSPS) is 10.1. The van der Waals surface area contributed by atoms with Crippen molar-refractivity contribution in [2.45, 2.75) is 26.2 Å². The van der Waals surface area contributed by atoms with Crippen molar-refractivity contribution in [1.82, 2.24) is 5.32 Å². The zero-order valence-electron chi connectivity index (χ0n) is 10.3. The van der Waals surface area contributed by atoms with Crippen LogP contribution in [0.15, 0.2) is 22.7 Å². The zero-order chi connectivity index (χ0) is 12.7. The Kier molecular flexibility index (Phi) is 6.05. The van der Waals surface area contributed by atoms with E-state index in [1.165, 1.54) is 5.56 Å². The van der Waals surface area contributed by atoms with Crippen LogP contribution in [0.3, 0.4) is 0 Å². The third kappa shape index (κ3) is 4.77. The number of hydrogen-bond donors (Lipinski definition) is 2. The molecular weight excluding hydrogens is 280 g/mol. The molecule has 17 heavy (non-hydrogen) atoms. The smallest absolute Gasteiger partial charge is 0.219 e. The number of rotatable bonds is 6. The Bertz CT molecular complexity index is 380. The summed E-state index contributed by atoms with van der Waals surface area (Å²) in [7, 11) is 1.67. The number of carbonyl (C=O) groups is 1. The minimum atomic E-state index is 0.0957. The quantitative estimate of drug-likeness (QED) is 0.793. The molecule has 3 nitrogen and oxygen atoms in total. The second kappa shape index (κ2) is 7.33. The molecular formula is C13H19BrN2O. The van der Waals surface area contributed by atoms with Crippen LogP contribution in [0, 0.1) is 0 Å². The van der Waals surface area contributed by atoms with Crippen molar-refractivity contribution in [2.24, 2.45) is 0 Å². The lowest BCUT2D eigenvalue weighted by molar-refractivity contribution is -0.120. The summed E-state index contributed by atoms with van der Waals surface area (Å²) in [5.74, 6) is 0.0957. The SMILES string of the molecule is CCc1cc(Br)ccc1NCCCC(=O)NC. The molecule has 0 unspecified atom stereocenters. The van der Waals surface area contributed by atoms with Crippen molar-refractivity contribution in [1.29, 1.82) is 0 Å². The van der Waals surface area contributed by atoms with Gasteiger partial charge in [0.1, 0.15) is 0 Å². The summed E-state index contributed by atoms with van der Waals surface area (Å²) in [5, 5.41) is 5.99. The van der Waals surface area contributed by atoms with E-state index in [0.29, 0.717) is 6.42 Å². The number of nitrogens with one attached hydrogen (secondary N) is 2. The molecule has 0 bridgehead atoms. The topological polar surface area (TPSA) is 41.1 Å². The molecule has 1 rings (SSSR count). The third-order valence-electron chi connectivity index (χ3n) is 2.62. The van der Waals surface area contributed by atoms with E-state index in [-0.39, 0.29) is 5.91 Å². The Morgan fingerprint density at radius 2 is 2.18 bits per heavy atom. The van der Waals surface area contributed by atoms with Gasteiger partial charge in [0.25, 0.3) is 0 Å². The number of halogens is 1. The van der Waals surface area contributed by atoms with E-state index in [1.807, 2.05) is 6.07 Å². The Morgan fingerprint density at radius 1 is 1.41 bits per heavy atom. The molecule has 2 N–H and O–H groups in total. The highest BCUT2D eigenvalue weighted by Gasteiger charge is 2.02. The van der Waals surface area contributed by atoms with Gasteiger partial charge in [-0.05, 0) is 36.6 Å². The Balaban J connectivity index is 2.43. The zero-order valence-corrected chi connectivity index (χ0v) is 11.9. The highest BCUT2D eigenvalue weighted by atomic mass is 79.9. The first-order valence-electron chi connectivity index (χ1n) is 5.90. The molecule has 1 aromatic rings. The van der Waals surface area contributed by atoms with E-state index in [2.05, 4.69) is 45.6 Å². The summed E-state index contributed by atoms with van der Waals surface area (Å²) in [4.78, 5) is 11.0. The van der Waals surface area contributed by atoms with E-state index in [4.69, 9.17) is 0 Å². The van der Waals surface area contributed by atoms with Gasteiger partial charge in [-0.25, -0.2) is 0 Å². The van der Waals surface area contributed by atoms with Gasteiger partial charge in [0, 0.05) is 30.2 Å². The van der Waals surface area contributed by atoms with Crippen molar-refractivity contribution in [2.75, 3.05) is 18.9 Å². The third-order valence-corrected chi connectivity index (χ3v) is 3.12. The number of carbonyl (C=O) groups excluding carboxylic acids is 1. The summed E-state index contributed by atoms with van der Waals surface area (Å²) in [6.45, 7) is 2.96. The van der Waals surface area contributed by atoms with Crippen molar-refractivity contribution in [3.8, 4) is 0 Å². The van der Waals surface area contributed by atoms with E-state index in [1.54, 1.807) is 7.05 Å². The van der Waals surface area contributed by atoms with Gasteiger partial charge in [-0.3, -0.25) is 4.79 Å². The van der Waals surface area contributed by atoms with E-state index in [9.17, 15) is 4.79 Å². The minimum Gasteiger partial charge on any atom is -0.385 e. The highest BCUT2D eigenvalue weighted by Crippen LogP contribution is 2.21. The van der Waals surface area contributed by atoms with Gasteiger partial charge < -0.3 is 10.6 Å². The van der Waals surface area contributed by atoms with Crippen LogP contribution in [-0.2, 0) is 11.2 Å². The van der Waals surface area contributed by atoms with Crippen LogP contribution >= 0.6 is 15.9 Å². The van der Waals surface area contributed by atoms with Crippen LogP contribution in [0.2, 0.25) is 0 Å². The molecule has 94 valence electrons. The minimum absolute atomic E-state index is 0.0957. The lowest BCUT2D eigenvalue weighted by Crippen LogP contribution is -2.18. The Morgan fingerprint density at radius 3 is 2.82 bits per heavy atom. The maximum absolute atomic E-state index is 11.0. The maximum atomic E-state index is 11.0. The summed E-state index contributed by atoms with van der Waals surface area (Å²) < 4.78 is 1.10. The van der Waals surface area contributed by atoms with Crippen molar-refractivity contribution in [3.63, 3.8) is 0 Å². The number of hydrogen-bond acceptors (Lipinski definition) is 2. The summed E-state index contributed by atoms with van der Waals surface area (Å²) >= 11 is 3.47. The van der Waals surface area contributed by atoms with Crippen molar-refractivity contribution < 1.29 is 4.79 Å². The standard InChI is InChI=1S/C13H19BrN2O/c1-3-10-9-11(14)6-7-12(10)16-8-4-5-13(17)15-2/h6-7,9,16H,3-5,8H2,1-2H3,(H,15,17). The van der Waals surface area contributed by atoms with E-state index in [0.717, 1.165) is 29.5 Å². The van der Waals surface area contributed by atoms with E-state index < -0.39 is 0 Å². The summed E-state index contributed by atoms with van der Waals surface area (Å²) in [5.41, 5.74) is 2.45. The lowest BCUT2D eigenvalue weighted by Gasteiger charge is -2.11. The molecule has 0 spiro atoms. The number of aryl methyl sites for hydroxylation is 1. The van der Waals surface area contributed by atoms with Gasteiger partial charge in [0.05, 0.1) is 0 Å². The Labute approximate surface area is 111 Å². The average Bonchev–Trinajstić information content (AvgIpc) is 2.35. The molecule has 0 fully saturated rings. The van der Waals surface area contributed by atoms with Crippen LogP contribution in [0.4, 0.5) is 5.69 Å². The maximum Gasteiger partial charge on any atom is 0.219 e. The molecule has 0 atom stereocenters. The molecule has 1 aromatic carbocycles. The van der Waals surface area contributed by atoms with Crippen LogP contribution in [0.5, 0.6) is 0 Å².